The molecule has 0 heterocycles. The Morgan fingerprint density at radius 2 is 1.76 bits per heavy atom. The summed E-state index contributed by atoms with van der Waals surface area (Å²) in [5.41, 5.74) is 0.368. The number of aliphatic hydroxyl groups excluding tert-OH is 1. The van der Waals surface area contributed by atoms with Gasteiger partial charge in [0.2, 0.25) is 0 Å². The van der Waals surface area contributed by atoms with Gasteiger partial charge in [-0.3, -0.25) is 0 Å². The van der Waals surface area contributed by atoms with E-state index in [1.54, 1.807) is 0 Å². The Morgan fingerprint density at radius 3 is 2.24 bits per heavy atom. The molecular weight excluding hydrogens is 214 g/mol. The smallest absolute Gasteiger partial charge is 0.0766 e. The van der Waals surface area contributed by atoms with Crippen LogP contribution in [-0.2, 0) is 0 Å². The first-order valence-corrected chi connectivity index (χ1v) is 6.26. The SMILES string of the molecule is CCC(O)(CC)CNC(CO)c1ccccc1. The minimum absolute atomic E-state index is 0.0352. The van der Waals surface area contributed by atoms with E-state index in [-0.39, 0.29) is 12.6 Å². The van der Waals surface area contributed by atoms with E-state index in [4.69, 9.17) is 0 Å². The number of hydrogen-bond acceptors (Lipinski definition) is 3. The van der Waals surface area contributed by atoms with Crippen molar-refractivity contribution in [1.29, 1.82) is 0 Å². The summed E-state index contributed by atoms with van der Waals surface area (Å²) in [6.07, 6.45) is 1.42. The maximum absolute atomic E-state index is 10.2. The molecule has 96 valence electrons. The quantitative estimate of drug-likeness (QED) is 0.678. The van der Waals surface area contributed by atoms with Crippen molar-refractivity contribution in [2.45, 2.75) is 38.3 Å². The summed E-state index contributed by atoms with van der Waals surface area (Å²) in [5, 5.41) is 22.8. The standard InChI is InChI=1S/C14H23NO2/c1-3-14(17,4-2)11-15-13(10-16)12-8-6-5-7-9-12/h5-9,13,15-17H,3-4,10-11H2,1-2H3. The van der Waals surface area contributed by atoms with Crippen LogP contribution in [0.1, 0.15) is 38.3 Å². The van der Waals surface area contributed by atoms with Gasteiger partial charge in [-0.05, 0) is 18.4 Å². The third-order valence-electron chi connectivity index (χ3n) is 3.38. The molecule has 0 spiro atoms. The van der Waals surface area contributed by atoms with Crippen molar-refractivity contribution in [3.63, 3.8) is 0 Å². The minimum Gasteiger partial charge on any atom is -0.394 e. The van der Waals surface area contributed by atoms with Crippen LogP contribution in [0.4, 0.5) is 0 Å². The highest BCUT2D eigenvalue weighted by Crippen LogP contribution is 2.17. The van der Waals surface area contributed by atoms with Crippen molar-refractivity contribution in [3.05, 3.63) is 35.9 Å². The van der Waals surface area contributed by atoms with Crippen LogP contribution in [0.5, 0.6) is 0 Å². The molecule has 3 heteroatoms. The topological polar surface area (TPSA) is 52.5 Å². The summed E-state index contributed by atoms with van der Waals surface area (Å²) >= 11 is 0. The van der Waals surface area contributed by atoms with E-state index < -0.39 is 5.60 Å². The van der Waals surface area contributed by atoms with Crippen LogP contribution < -0.4 is 5.32 Å². The van der Waals surface area contributed by atoms with Crippen LogP contribution in [0, 0.1) is 0 Å². The molecule has 0 fully saturated rings. The van der Waals surface area contributed by atoms with Gasteiger partial charge in [0, 0.05) is 6.54 Å². The Morgan fingerprint density at radius 1 is 1.18 bits per heavy atom. The third kappa shape index (κ3) is 4.11. The molecule has 17 heavy (non-hydrogen) atoms. The zero-order chi connectivity index (χ0) is 12.7. The van der Waals surface area contributed by atoms with E-state index >= 15 is 0 Å². The maximum atomic E-state index is 10.2. The van der Waals surface area contributed by atoms with Crippen molar-refractivity contribution in [2.75, 3.05) is 13.2 Å². The molecule has 1 rings (SSSR count). The molecule has 3 N–H and O–H groups in total. The predicted molar refractivity (Wildman–Crippen MR) is 69.8 cm³/mol. The molecule has 0 aliphatic carbocycles. The highest BCUT2D eigenvalue weighted by atomic mass is 16.3. The van der Waals surface area contributed by atoms with E-state index in [2.05, 4.69) is 5.32 Å². The van der Waals surface area contributed by atoms with Gasteiger partial charge in [0.15, 0.2) is 0 Å². The van der Waals surface area contributed by atoms with Gasteiger partial charge < -0.3 is 15.5 Å². The summed E-state index contributed by atoms with van der Waals surface area (Å²) in [6.45, 7) is 4.48. The summed E-state index contributed by atoms with van der Waals surface area (Å²) in [7, 11) is 0. The van der Waals surface area contributed by atoms with E-state index in [1.165, 1.54) is 0 Å². The van der Waals surface area contributed by atoms with Gasteiger partial charge >= 0.3 is 0 Å². The Bertz CT molecular complexity index is 309. The molecule has 0 bridgehead atoms. The second kappa shape index (κ2) is 6.74. The summed E-state index contributed by atoms with van der Waals surface area (Å²) in [6, 6.07) is 9.69. The van der Waals surface area contributed by atoms with Gasteiger partial charge in [-0.15, -0.1) is 0 Å². The number of benzene rings is 1. The molecule has 1 atom stereocenters. The summed E-state index contributed by atoms with van der Waals surface area (Å²) in [5.74, 6) is 0. The number of hydrogen-bond donors (Lipinski definition) is 3. The fourth-order valence-electron chi connectivity index (χ4n) is 1.79. The summed E-state index contributed by atoms with van der Waals surface area (Å²) in [4.78, 5) is 0. The Kier molecular flexibility index (Phi) is 5.62. The minimum atomic E-state index is -0.678. The molecule has 0 aliphatic heterocycles. The molecule has 0 aliphatic rings. The third-order valence-corrected chi connectivity index (χ3v) is 3.38. The molecule has 1 unspecified atom stereocenters. The number of nitrogens with one attached hydrogen (secondary N) is 1. The zero-order valence-electron chi connectivity index (χ0n) is 10.7. The van der Waals surface area contributed by atoms with E-state index in [0.29, 0.717) is 19.4 Å². The molecular formula is C14H23NO2. The summed E-state index contributed by atoms with van der Waals surface area (Å²) < 4.78 is 0. The normalized spacial score (nSPS) is 13.6. The number of aliphatic hydroxyl groups is 2. The van der Waals surface area contributed by atoms with Gasteiger partial charge in [0.1, 0.15) is 0 Å². The average molecular weight is 237 g/mol. The number of rotatable bonds is 7. The fraction of sp³-hybridized carbons (Fsp3) is 0.571. The van der Waals surface area contributed by atoms with Gasteiger partial charge in [-0.1, -0.05) is 44.2 Å². The second-order valence-corrected chi connectivity index (χ2v) is 4.46. The predicted octanol–water partition coefficient (Wildman–Crippen LogP) is 1.86. The van der Waals surface area contributed by atoms with Crippen molar-refractivity contribution >= 4 is 0 Å². The monoisotopic (exact) mass is 237 g/mol. The second-order valence-electron chi connectivity index (χ2n) is 4.46. The highest BCUT2D eigenvalue weighted by Gasteiger charge is 2.23. The Balaban J connectivity index is 2.60. The van der Waals surface area contributed by atoms with Gasteiger partial charge in [-0.2, -0.15) is 0 Å². The molecule has 3 nitrogen and oxygen atoms in total. The van der Waals surface area contributed by atoms with Crippen LogP contribution in [0.3, 0.4) is 0 Å². The lowest BCUT2D eigenvalue weighted by atomic mass is 9.96. The molecule has 1 aromatic rings. The van der Waals surface area contributed by atoms with Crippen molar-refractivity contribution in [2.24, 2.45) is 0 Å². The van der Waals surface area contributed by atoms with Crippen molar-refractivity contribution in [1.82, 2.24) is 5.32 Å². The Labute approximate surface area is 103 Å². The molecule has 0 saturated carbocycles. The van der Waals surface area contributed by atoms with E-state index in [0.717, 1.165) is 5.56 Å². The van der Waals surface area contributed by atoms with Gasteiger partial charge in [0.05, 0.1) is 18.2 Å². The van der Waals surface area contributed by atoms with Crippen LogP contribution in [-0.4, -0.2) is 29.0 Å². The van der Waals surface area contributed by atoms with Crippen molar-refractivity contribution in [3.8, 4) is 0 Å². The molecule has 0 amide bonds. The molecule has 1 aromatic carbocycles. The van der Waals surface area contributed by atoms with E-state index in [9.17, 15) is 10.2 Å². The zero-order valence-corrected chi connectivity index (χ0v) is 10.7. The first-order chi connectivity index (χ1) is 8.15. The van der Waals surface area contributed by atoms with Crippen LogP contribution in [0.15, 0.2) is 30.3 Å². The van der Waals surface area contributed by atoms with Crippen LogP contribution in [0.2, 0.25) is 0 Å². The molecule has 0 radical (unpaired) electrons. The lowest BCUT2D eigenvalue weighted by Crippen LogP contribution is -2.41. The van der Waals surface area contributed by atoms with E-state index in [1.807, 2.05) is 44.2 Å². The lowest BCUT2D eigenvalue weighted by molar-refractivity contribution is 0.0277. The van der Waals surface area contributed by atoms with Gasteiger partial charge in [-0.25, -0.2) is 0 Å². The van der Waals surface area contributed by atoms with Crippen LogP contribution >= 0.6 is 0 Å². The molecule has 0 saturated heterocycles. The lowest BCUT2D eigenvalue weighted by Gasteiger charge is -2.28. The van der Waals surface area contributed by atoms with Crippen molar-refractivity contribution < 1.29 is 10.2 Å². The molecule has 0 aromatic heterocycles. The average Bonchev–Trinajstić information content (AvgIpc) is 2.40. The van der Waals surface area contributed by atoms with Gasteiger partial charge in [0.25, 0.3) is 0 Å². The largest absolute Gasteiger partial charge is 0.394 e. The Hall–Kier alpha value is -0.900. The highest BCUT2D eigenvalue weighted by molar-refractivity contribution is 5.18. The van der Waals surface area contributed by atoms with Crippen LogP contribution in [0.25, 0.3) is 0 Å². The fourth-order valence-corrected chi connectivity index (χ4v) is 1.79. The first-order valence-electron chi connectivity index (χ1n) is 6.26. The maximum Gasteiger partial charge on any atom is 0.0766 e. The first kappa shape index (κ1) is 14.2.